The van der Waals surface area contributed by atoms with Gasteiger partial charge in [-0.1, -0.05) is 0 Å². The first kappa shape index (κ1) is 16.4. The van der Waals surface area contributed by atoms with Gasteiger partial charge >= 0.3 is 6.18 Å². The summed E-state index contributed by atoms with van der Waals surface area (Å²) < 4.78 is 52.1. The lowest BCUT2D eigenvalue weighted by Gasteiger charge is -2.21. The minimum absolute atomic E-state index is 0.0535. The van der Waals surface area contributed by atoms with Crippen molar-refractivity contribution >= 4 is 5.91 Å². The molecule has 2 N–H and O–H groups in total. The molecule has 6 nitrogen and oxygen atoms in total. The molecular formula is C14H12F4N4O2. The van der Waals surface area contributed by atoms with Gasteiger partial charge in [-0.2, -0.15) is 28.6 Å². The van der Waals surface area contributed by atoms with E-state index in [9.17, 15) is 27.5 Å². The van der Waals surface area contributed by atoms with Crippen LogP contribution in [0.25, 0.3) is 0 Å². The van der Waals surface area contributed by atoms with E-state index in [2.05, 4.69) is 15.4 Å². The number of hydrogen-bond donors (Lipinski definition) is 2. The number of hydrogen-bond acceptors (Lipinski definition) is 4. The molecule has 1 atom stereocenters. The molecule has 2 heterocycles. The summed E-state index contributed by atoms with van der Waals surface area (Å²) in [4.78, 5) is 13.5. The molecule has 1 saturated heterocycles. The molecule has 1 aliphatic rings. The van der Waals surface area contributed by atoms with Gasteiger partial charge in [-0.05, 0) is 18.2 Å². The Morgan fingerprint density at radius 3 is 2.75 bits per heavy atom. The SMILES string of the molecule is O=C(c1cc(C(F)(F)F)ccc1F)N1CCC(O)(c2cn[nH]n2)C1. The van der Waals surface area contributed by atoms with Gasteiger partial charge in [0.25, 0.3) is 5.91 Å². The highest BCUT2D eigenvalue weighted by Crippen LogP contribution is 2.33. The van der Waals surface area contributed by atoms with Crippen molar-refractivity contribution in [3.63, 3.8) is 0 Å². The maximum Gasteiger partial charge on any atom is 0.416 e. The number of nitrogens with one attached hydrogen (secondary N) is 1. The van der Waals surface area contributed by atoms with Gasteiger partial charge in [0.15, 0.2) is 0 Å². The Morgan fingerprint density at radius 1 is 1.38 bits per heavy atom. The predicted octanol–water partition coefficient (Wildman–Crippen LogP) is 1.70. The van der Waals surface area contributed by atoms with Crippen molar-refractivity contribution in [1.29, 1.82) is 0 Å². The van der Waals surface area contributed by atoms with Gasteiger partial charge in [-0.25, -0.2) is 4.39 Å². The number of benzene rings is 1. The lowest BCUT2D eigenvalue weighted by molar-refractivity contribution is -0.137. The van der Waals surface area contributed by atoms with Crippen LogP contribution < -0.4 is 0 Å². The average Bonchev–Trinajstić information content (AvgIpc) is 3.16. The number of amides is 1. The van der Waals surface area contributed by atoms with Gasteiger partial charge in [-0.15, -0.1) is 0 Å². The van der Waals surface area contributed by atoms with E-state index in [4.69, 9.17) is 0 Å². The Hall–Kier alpha value is -2.49. The highest BCUT2D eigenvalue weighted by molar-refractivity contribution is 5.95. The molecule has 24 heavy (non-hydrogen) atoms. The number of carbonyl (C=O) groups excluding carboxylic acids is 1. The van der Waals surface area contributed by atoms with Crippen LogP contribution in [0.5, 0.6) is 0 Å². The summed E-state index contributed by atoms with van der Waals surface area (Å²) in [6.45, 7) is -0.161. The molecule has 3 rings (SSSR count). The van der Waals surface area contributed by atoms with E-state index in [1.54, 1.807) is 0 Å². The summed E-state index contributed by atoms with van der Waals surface area (Å²) in [5.41, 5.74) is -3.06. The topological polar surface area (TPSA) is 82.1 Å². The van der Waals surface area contributed by atoms with E-state index in [1.807, 2.05) is 0 Å². The van der Waals surface area contributed by atoms with Gasteiger partial charge < -0.3 is 10.0 Å². The number of carbonyl (C=O) groups is 1. The second-order valence-corrected chi connectivity index (χ2v) is 5.56. The molecule has 1 aromatic carbocycles. The van der Waals surface area contributed by atoms with Gasteiger partial charge in [0, 0.05) is 13.0 Å². The summed E-state index contributed by atoms with van der Waals surface area (Å²) >= 11 is 0. The Balaban J connectivity index is 1.86. The third-order valence-electron chi connectivity index (χ3n) is 3.95. The van der Waals surface area contributed by atoms with Crippen LogP contribution in [0.1, 0.15) is 28.0 Å². The number of likely N-dealkylation sites (tertiary alicyclic amines) is 1. The van der Waals surface area contributed by atoms with E-state index in [1.165, 1.54) is 6.20 Å². The van der Waals surface area contributed by atoms with Crippen molar-refractivity contribution < 1.29 is 27.5 Å². The summed E-state index contributed by atoms with van der Waals surface area (Å²) in [7, 11) is 0. The smallest absolute Gasteiger partial charge is 0.381 e. The van der Waals surface area contributed by atoms with Gasteiger partial charge in [0.1, 0.15) is 17.1 Å². The number of aliphatic hydroxyl groups is 1. The Bertz CT molecular complexity index is 763. The molecule has 128 valence electrons. The van der Waals surface area contributed by atoms with Gasteiger partial charge in [0.2, 0.25) is 0 Å². The van der Waals surface area contributed by atoms with Crippen molar-refractivity contribution in [2.24, 2.45) is 0 Å². The van der Waals surface area contributed by atoms with Crippen molar-refractivity contribution in [2.75, 3.05) is 13.1 Å². The Kier molecular flexibility index (Phi) is 3.78. The molecule has 1 aromatic heterocycles. The molecule has 0 spiro atoms. The lowest BCUT2D eigenvalue weighted by atomic mass is 10.00. The fraction of sp³-hybridized carbons (Fsp3) is 0.357. The molecule has 0 aliphatic carbocycles. The van der Waals surface area contributed by atoms with E-state index in [-0.39, 0.29) is 25.2 Å². The number of rotatable bonds is 2. The minimum Gasteiger partial charge on any atom is -0.381 e. The number of H-pyrrole nitrogens is 1. The summed E-state index contributed by atoms with van der Waals surface area (Å²) in [5.74, 6) is -1.97. The highest BCUT2D eigenvalue weighted by atomic mass is 19.4. The van der Waals surface area contributed by atoms with Crippen molar-refractivity contribution in [2.45, 2.75) is 18.2 Å². The van der Waals surface area contributed by atoms with E-state index in [0.717, 1.165) is 4.90 Å². The second-order valence-electron chi connectivity index (χ2n) is 5.56. The zero-order valence-electron chi connectivity index (χ0n) is 12.1. The first-order chi connectivity index (χ1) is 11.2. The van der Waals surface area contributed by atoms with Crippen LogP contribution in [0.2, 0.25) is 0 Å². The van der Waals surface area contributed by atoms with E-state index < -0.39 is 34.6 Å². The monoisotopic (exact) mass is 344 g/mol. The summed E-state index contributed by atoms with van der Waals surface area (Å²) in [6.07, 6.45) is -3.28. The average molecular weight is 344 g/mol. The number of β-amino-alcohol motifs (C(OH)–C–C–N with tert-alkyl or cyclic N) is 1. The van der Waals surface area contributed by atoms with Crippen molar-refractivity contribution in [3.8, 4) is 0 Å². The molecule has 1 fully saturated rings. The summed E-state index contributed by atoms with van der Waals surface area (Å²) in [5, 5.41) is 20.1. The Labute approximate surface area is 133 Å². The fourth-order valence-corrected chi connectivity index (χ4v) is 2.64. The first-order valence-corrected chi connectivity index (χ1v) is 6.95. The maximum atomic E-state index is 13.8. The number of nitrogens with zero attached hydrogens (tertiary/aromatic N) is 3. The van der Waals surface area contributed by atoms with Crippen LogP contribution in [0, 0.1) is 5.82 Å². The van der Waals surface area contributed by atoms with Crippen molar-refractivity contribution in [1.82, 2.24) is 20.3 Å². The number of halogens is 4. The molecule has 1 aliphatic heterocycles. The first-order valence-electron chi connectivity index (χ1n) is 6.95. The normalized spacial score (nSPS) is 21.3. The van der Waals surface area contributed by atoms with Gasteiger partial charge in [-0.3, -0.25) is 4.79 Å². The largest absolute Gasteiger partial charge is 0.416 e. The molecule has 2 aromatic rings. The fourth-order valence-electron chi connectivity index (χ4n) is 2.64. The predicted molar refractivity (Wildman–Crippen MR) is 72.2 cm³/mol. The quantitative estimate of drug-likeness (QED) is 0.813. The van der Waals surface area contributed by atoms with Crippen LogP contribution in [-0.2, 0) is 11.8 Å². The number of aromatic nitrogens is 3. The minimum atomic E-state index is -4.69. The summed E-state index contributed by atoms with van der Waals surface area (Å²) in [6, 6.07) is 1.66. The highest BCUT2D eigenvalue weighted by Gasteiger charge is 2.42. The third kappa shape index (κ3) is 2.84. The van der Waals surface area contributed by atoms with Crippen LogP contribution >= 0.6 is 0 Å². The maximum absolute atomic E-state index is 13.8. The Morgan fingerprint density at radius 2 is 2.12 bits per heavy atom. The molecule has 0 radical (unpaired) electrons. The van der Waals surface area contributed by atoms with E-state index in [0.29, 0.717) is 18.2 Å². The third-order valence-corrected chi connectivity index (χ3v) is 3.95. The molecule has 0 saturated carbocycles. The zero-order valence-corrected chi connectivity index (χ0v) is 12.1. The molecular weight excluding hydrogens is 332 g/mol. The van der Waals surface area contributed by atoms with Gasteiger partial charge in [0.05, 0.1) is 23.9 Å². The molecule has 1 unspecified atom stereocenters. The standard InChI is InChI=1S/C14H12F4N4O2/c15-10-2-1-8(14(16,17)18)5-9(10)12(23)22-4-3-13(24,7-22)11-6-19-21-20-11/h1-2,5-6,24H,3-4,7H2,(H,19,20,21). The second kappa shape index (κ2) is 5.55. The van der Waals surface area contributed by atoms with Crippen LogP contribution in [0.15, 0.2) is 24.4 Å². The van der Waals surface area contributed by atoms with Crippen LogP contribution in [-0.4, -0.2) is 44.4 Å². The lowest BCUT2D eigenvalue weighted by Crippen LogP contribution is -2.35. The number of aromatic amines is 1. The van der Waals surface area contributed by atoms with E-state index >= 15 is 0 Å². The molecule has 0 bridgehead atoms. The zero-order chi connectivity index (χ0) is 17.5. The van der Waals surface area contributed by atoms with Crippen LogP contribution in [0.4, 0.5) is 17.6 Å². The molecule has 10 heteroatoms. The van der Waals surface area contributed by atoms with Crippen molar-refractivity contribution in [3.05, 3.63) is 47.0 Å². The van der Waals surface area contributed by atoms with Crippen LogP contribution in [0.3, 0.4) is 0 Å². The number of alkyl halides is 3. The molecule has 1 amide bonds.